The number of hydrogen-bond donors (Lipinski definition) is 1. The third kappa shape index (κ3) is 6.65. The van der Waals surface area contributed by atoms with Crippen LogP contribution < -0.4 is 10.1 Å². The lowest BCUT2D eigenvalue weighted by molar-refractivity contribution is -0.116. The molecule has 0 fully saturated rings. The predicted molar refractivity (Wildman–Crippen MR) is 103 cm³/mol. The smallest absolute Gasteiger partial charge is 0.225 e. The Morgan fingerprint density at radius 2 is 1.78 bits per heavy atom. The van der Waals surface area contributed by atoms with Gasteiger partial charge >= 0.3 is 0 Å². The van der Waals surface area contributed by atoms with E-state index >= 15 is 0 Å². The third-order valence-electron chi connectivity index (χ3n) is 4.00. The van der Waals surface area contributed by atoms with Crippen molar-refractivity contribution in [3.8, 4) is 5.75 Å². The molecule has 0 bridgehead atoms. The van der Waals surface area contributed by atoms with Crippen LogP contribution in [0.25, 0.3) is 0 Å². The van der Waals surface area contributed by atoms with Gasteiger partial charge in [0.1, 0.15) is 11.6 Å². The molecule has 8 heteroatoms. The Balaban J connectivity index is 1.93. The largest absolute Gasteiger partial charge is 0.495 e. The molecule has 0 radical (unpaired) electrons. The summed E-state index contributed by atoms with van der Waals surface area (Å²) in [5, 5.41) is 2.72. The van der Waals surface area contributed by atoms with E-state index in [9.17, 15) is 17.6 Å². The molecule has 0 spiro atoms. The predicted octanol–water partition coefficient (Wildman–Crippen LogP) is 2.67. The minimum Gasteiger partial charge on any atom is -0.495 e. The van der Waals surface area contributed by atoms with Gasteiger partial charge in [-0.15, -0.1) is 0 Å². The van der Waals surface area contributed by atoms with Crippen molar-refractivity contribution >= 4 is 21.6 Å². The van der Waals surface area contributed by atoms with Gasteiger partial charge < -0.3 is 10.1 Å². The number of ether oxygens (including phenoxy) is 1. The normalized spacial score (nSPS) is 11.4. The van der Waals surface area contributed by atoms with Gasteiger partial charge in [-0.2, -0.15) is 0 Å². The van der Waals surface area contributed by atoms with Crippen LogP contribution in [0.2, 0.25) is 0 Å². The molecule has 0 aliphatic rings. The highest BCUT2D eigenvalue weighted by Crippen LogP contribution is 2.23. The highest BCUT2D eigenvalue weighted by Gasteiger charge is 2.18. The second-order valence-corrected chi connectivity index (χ2v) is 8.02. The van der Waals surface area contributed by atoms with Gasteiger partial charge in [-0.25, -0.2) is 17.1 Å². The fourth-order valence-corrected chi connectivity index (χ4v) is 3.38. The van der Waals surface area contributed by atoms with Crippen LogP contribution in [0.3, 0.4) is 0 Å². The Bertz CT molecular complexity index is 870. The van der Waals surface area contributed by atoms with Crippen LogP contribution in [-0.4, -0.2) is 45.1 Å². The number of benzene rings is 2. The molecule has 0 saturated heterocycles. The van der Waals surface area contributed by atoms with E-state index in [2.05, 4.69) is 5.32 Å². The molecule has 2 rings (SSSR count). The highest BCUT2D eigenvalue weighted by molar-refractivity contribution is 7.88. The van der Waals surface area contributed by atoms with E-state index in [1.165, 1.54) is 23.5 Å². The molecule has 1 N–H and O–H groups in total. The molecule has 0 saturated carbocycles. The number of anilines is 1. The molecule has 0 aliphatic heterocycles. The zero-order chi connectivity index (χ0) is 19.9. The summed E-state index contributed by atoms with van der Waals surface area (Å²) in [6.45, 7) is 0.271. The number of rotatable bonds is 9. The minimum atomic E-state index is -3.47. The summed E-state index contributed by atoms with van der Waals surface area (Å²) in [5.74, 6) is -0.121. The quantitative estimate of drug-likeness (QED) is 0.710. The lowest BCUT2D eigenvalue weighted by Gasteiger charge is -2.20. The zero-order valence-electron chi connectivity index (χ0n) is 15.3. The van der Waals surface area contributed by atoms with Crippen molar-refractivity contribution < 1.29 is 22.3 Å². The van der Waals surface area contributed by atoms with Crippen molar-refractivity contribution in [3.63, 3.8) is 0 Å². The van der Waals surface area contributed by atoms with Gasteiger partial charge in [0.05, 0.1) is 19.1 Å². The molecule has 6 nitrogen and oxygen atoms in total. The first-order valence-electron chi connectivity index (χ1n) is 8.42. The number of carbonyl (C=O) groups excluding carboxylic acids is 1. The van der Waals surface area contributed by atoms with E-state index in [-0.39, 0.29) is 31.2 Å². The Morgan fingerprint density at radius 1 is 1.11 bits per heavy atom. The van der Waals surface area contributed by atoms with Crippen LogP contribution in [0.1, 0.15) is 12.0 Å². The maximum atomic E-state index is 13.0. The molecule has 2 aromatic rings. The number of sulfonamides is 1. The molecule has 2 aromatic carbocycles. The van der Waals surface area contributed by atoms with E-state index in [0.29, 0.717) is 17.9 Å². The van der Waals surface area contributed by atoms with Crippen molar-refractivity contribution in [2.45, 2.75) is 12.8 Å². The topological polar surface area (TPSA) is 75.7 Å². The number of halogens is 1. The first-order chi connectivity index (χ1) is 12.8. The highest BCUT2D eigenvalue weighted by atomic mass is 32.2. The maximum Gasteiger partial charge on any atom is 0.225 e. The summed E-state index contributed by atoms with van der Waals surface area (Å²) < 4.78 is 43.4. The molecule has 1 amide bonds. The van der Waals surface area contributed by atoms with Crippen LogP contribution >= 0.6 is 0 Å². The monoisotopic (exact) mass is 394 g/mol. The molecular formula is C19H23FN2O4S. The van der Waals surface area contributed by atoms with Gasteiger partial charge in [-0.1, -0.05) is 24.3 Å². The van der Waals surface area contributed by atoms with Crippen molar-refractivity contribution in [1.29, 1.82) is 0 Å². The fraction of sp³-hybridized carbons (Fsp3) is 0.316. The van der Waals surface area contributed by atoms with E-state index in [1.807, 2.05) is 0 Å². The fourth-order valence-electron chi connectivity index (χ4n) is 2.54. The lowest BCUT2D eigenvalue weighted by Crippen LogP contribution is -2.34. The summed E-state index contributed by atoms with van der Waals surface area (Å²) in [6.07, 6.45) is 1.55. The first-order valence-corrected chi connectivity index (χ1v) is 10.3. The van der Waals surface area contributed by atoms with Gasteiger partial charge in [-0.3, -0.25) is 4.79 Å². The molecule has 0 atom stereocenters. The van der Waals surface area contributed by atoms with Crippen LogP contribution in [0.5, 0.6) is 5.75 Å². The molecule has 0 unspecified atom stereocenters. The average Bonchev–Trinajstić information content (AvgIpc) is 2.62. The van der Waals surface area contributed by atoms with Gasteiger partial charge in [0.2, 0.25) is 15.9 Å². The number of nitrogens with one attached hydrogen (secondary N) is 1. The SMILES string of the molecule is COc1ccccc1NC(=O)CCN(CCc1ccc(F)cc1)S(C)(=O)=O. The number of amides is 1. The number of para-hydroxylation sites is 2. The standard InChI is InChI=1S/C19H23FN2O4S/c1-26-18-6-4-3-5-17(18)21-19(23)12-14-22(27(2,24)25)13-11-15-7-9-16(20)10-8-15/h3-10H,11-14H2,1-2H3,(H,21,23). The molecule has 146 valence electrons. The summed E-state index contributed by atoms with van der Waals surface area (Å²) in [4.78, 5) is 12.2. The van der Waals surface area contributed by atoms with Gasteiger partial charge in [0.25, 0.3) is 0 Å². The molecule has 0 aromatic heterocycles. The Labute approximate surface area is 159 Å². The van der Waals surface area contributed by atoms with E-state index < -0.39 is 10.0 Å². The molecule has 0 heterocycles. The lowest BCUT2D eigenvalue weighted by atomic mass is 10.1. The first kappa shape index (κ1) is 20.9. The molecule has 27 heavy (non-hydrogen) atoms. The van der Waals surface area contributed by atoms with Crippen molar-refractivity contribution in [3.05, 3.63) is 59.9 Å². The van der Waals surface area contributed by atoms with Crippen LogP contribution in [-0.2, 0) is 21.2 Å². The second-order valence-electron chi connectivity index (χ2n) is 6.04. The summed E-state index contributed by atoms with van der Waals surface area (Å²) >= 11 is 0. The third-order valence-corrected chi connectivity index (χ3v) is 5.30. The van der Waals surface area contributed by atoms with Crippen LogP contribution in [0.15, 0.2) is 48.5 Å². The minimum absolute atomic E-state index is 0.00847. The van der Waals surface area contributed by atoms with E-state index in [4.69, 9.17) is 4.74 Å². The Kier molecular flexibility index (Phi) is 7.32. The van der Waals surface area contributed by atoms with Gasteiger partial charge in [0.15, 0.2) is 0 Å². The number of methoxy groups -OCH3 is 1. The van der Waals surface area contributed by atoms with Crippen molar-refractivity contribution in [2.24, 2.45) is 0 Å². The Hall–Kier alpha value is -2.45. The molecular weight excluding hydrogens is 371 g/mol. The number of carbonyl (C=O) groups is 1. The van der Waals surface area contributed by atoms with Crippen molar-refractivity contribution in [2.75, 3.05) is 31.8 Å². The Morgan fingerprint density at radius 3 is 2.41 bits per heavy atom. The van der Waals surface area contributed by atoms with Gasteiger partial charge in [0, 0.05) is 19.5 Å². The number of hydrogen-bond acceptors (Lipinski definition) is 4. The molecule has 0 aliphatic carbocycles. The van der Waals surface area contributed by atoms with Crippen LogP contribution in [0.4, 0.5) is 10.1 Å². The van der Waals surface area contributed by atoms with Crippen LogP contribution in [0, 0.1) is 5.82 Å². The zero-order valence-corrected chi connectivity index (χ0v) is 16.1. The van der Waals surface area contributed by atoms with Crippen molar-refractivity contribution in [1.82, 2.24) is 4.31 Å². The maximum absolute atomic E-state index is 13.0. The summed E-state index contributed by atoms with van der Waals surface area (Å²) in [5.41, 5.74) is 1.35. The second kappa shape index (κ2) is 9.48. The van der Waals surface area contributed by atoms with Gasteiger partial charge in [-0.05, 0) is 36.2 Å². The van der Waals surface area contributed by atoms with E-state index in [0.717, 1.165) is 11.8 Å². The summed E-state index contributed by atoms with van der Waals surface area (Å²) in [6, 6.07) is 12.9. The average molecular weight is 394 g/mol. The summed E-state index contributed by atoms with van der Waals surface area (Å²) in [7, 11) is -1.96. The van der Waals surface area contributed by atoms with E-state index in [1.54, 1.807) is 36.4 Å². The number of nitrogens with zero attached hydrogens (tertiary/aromatic N) is 1.